The first-order valence-electron chi connectivity index (χ1n) is 6.74. The molecule has 2 rings (SSSR count). The number of carbonyl (C=O) groups is 2. The summed E-state index contributed by atoms with van der Waals surface area (Å²) in [5.41, 5.74) is 1.33. The van der Waals surface area contributed by atoms with Crippen LogP contribution < -0.4 is 15.6 Å². The van der Waals surface area contributed by atoms with E-state index in [9.17, 15) is 27.6 Å². The minimum Gasteiger partial charge on any atom is -0.420 e. The van der Waals surface area contributed by atoms with Crippen molar-refractivity contribution in [2.75, 3.05) is 12.1 Å². The zero-order valence-corrected chi connectivity index (χ0v) is 12.3. The first-order chi connectivity index (χ1) is 10.7. The fraction of sp³-hybridized carbons (Fsp3) is 0.462. The van der Waals surface area contributed by atoms with Crippen molar-refractivity contribution < 1.29 is 27.5 Å². The Morgan fingerprint density at radius 2 is 2.09 bits per heavy atom. The van der Waals surface area contributed by atoms with Crippen molar-refractivity contribution in [2.45, 2.75) is 32.5 Å². The maximum Gasteiger partial charge on any atom is 0.408 e. The summed E-state index contributed by atoms with van der Waals surface area (Å²) >= 11 is 0. The third-order valence-electron chi connectivity index (χ3n) is 3.38. The van der Waals surface area contributed by atoms with E-state index in [1.807, 2.05) is 0 Å². The average Bonchev–Trinajstić information content (AvgIpc) is 2.48. The highest BCUT2D eigenvalue weighted by atomic mass is 19.4. The molecule has 1 N–H and O–H groups in total. The van der Waals surface area contributed by atoms with Crippen molar-refractivity contribution in [1.29, 1.82) is 0 Å². The molecule has 0 radical (unpaired) electrons. The van der Waals surface area contributed by atoms with Gasteiger partial charge in [-0.05, 0) is 6.92 Å². The number of hydrogen-bond acceptors (Lipinski definition) is 5. The number of rotatable bonds is 3. The molecule has 0 saturated heterocycles. The van der Waals surface area contributed by atoms with Gasteiger partial charge in [-0.25, -0.2) is 0 Å². The van der Waals surface area contributed by atoms with Gasteiger partial charge >= 0.3 is 12.1 Å². The SMILES string of the molecule is CCC(=O)Oc1c2n(ccc1=O)NCN([C@H](C)C(F)(F)F)C2=O. The Morgan fingerprint density at radius 1 is 1.43 bits per heavy atom. The van der Waals surface area contributed by atoms with Gasteiger partial charge in [-0.1, -0.05) is 6.92 Å². The van der Waals surface area contributed by atoms with E-state index in [2.05, 4.69) is 5.43 Å². The number of pyridine rings is 1. The minimum atomic E-state index is -4.63. The van der Waals surface area contributed by atoms with Crippen LogP contribution in [0.25, 0.3) is 0 Å². The van der Waals surface area contributed by atoms with Gasteiger partial charge < -0.3 is 15.1 Å². The summed E-state index contributed by atoms with van der Waals surface area (Å²) in [7, 11) is 0. The van der Waals surface area contributed by atoms with Gasteiger partial charge in [-0.2, -0.15) is 13.2 Å². The number of alkyl halides is 3. The molecule has 0 saturated carbocycles. The van der Waals surface area contributed by atoms with Gasteiger partial charge in [0.1, 0.15) is 12.7 Å². The van der Waals surface area contributed by atoms with Crippen molar-refractivity contribution in [3.8, 4) is 5.75 Å². The summed E-state index contributed by atoms with van der Waals surface area (Å²) in [6.07, 6.45) is -3.50. The Hall–Kier alpha value is -2.52. The first kappa shape index (κ1) is 16.8. The fourth-order valence-electron chi connectivity index (χ4n) is 1.98. The van der Waals surface area contributed by atoms with Crippen LogP contribution in [0, 0.1) is 0 Å². The number of halogens is 3. The highest BCUT2D eigenvalue weighted by Gasteiger charge is 2.44. The third kappa shape index (κ3) is 3.15. The lowest BCUT2D eigenvalue weighted by Crippen LogP contribution is -2.54. The number of carbonyl (C=O) groups excluding carboxylic acids is 2. The highest BCUT2D eigenvalue weighted by molar-refractivity contribution is 5.97. The molecule has 23 heavy (non-hydrogen) atoms. The van der Waals surface area contributed by atoms with Gasteiger partial charge in [0.05, 0.1) is 0 Å². The molecule has 1 amide bonds. The van der Waals surface area contributed by atoms with E-state index in [4.69, 9.17) is 4.74 Å². The van der Waals surface area contributed by atoms with Crippen LogP contribution in [0.3, 0.4) is 0 Å². The third-order valence-corrected chi connectivity index (χ3v) is 3.38. The molecule has 126 valence electrons. The normalized spacial score (nSPS) is 15.7. The van der Waals surface area contributed by atoms with E-state index < -0.39 is 47.6 Å². The lowest BCUT2D eigenvalue weighted by molar-refractivity contribution is -0.172. The summed E-state index contributed by atoms with van der Waals surface area (Å²) in [4.78, 5) is 36.1. The quantitative estimate of drug-likeness (QED) is 0.837. The maximum absolute atomic E-state index is 12.9. The van der Waals surface area contributed by atoms with E-state index in [-0.39, 0.29) is 6.42 Å². The molecule has 0 fully saturated rings. The zero-order valence-electron chi connectivity index (χ0n) is 12.3. The maximum atomic E-state index is 12.9. The number of aromatic nitrogens is 1. The molecule has 1 aromatic heterocycles. The fourth-order valence-corrected chi connectivity index (χ4v) is 1.98. The number of nitrogens with one attached hydrogen (secondary N) is 1. The Morgan fingerprint density at radius 3 is 2.65 bits per heavy atom. The largest absolute Gasteiger partial charge is 0.420 e. The van der Waals surface area contributed by atoms with E-state index in [1.54, 1.807) is 0 Å². The molecule has 0 spiro atoms. The molecular formula is C13H14F3N3O4. The number of nitrogens with zero attached hydrogens (tertiary/aromatic N) is 2. The van der Waals surface area contributed by atoms with Crippen LogP contribution in [0.15, 0.2) is 17.1 Å². The van der Waals surface area contributed by atoms with Crippen molar-refractivity contribution in [2.24, 2.45) is 0 Å². The van der Waals surface area contributed by atoms with E-state index in [1.165, 1.54) is 13.1 Å². The van der Waals surface area contributed by atoms with Crippen molar-refractivity contribution in [1.82, 2.24) is 9.58 Å². The highest BCUT2D eigenvalue weighted by Crippen LogP contribution is 2.28. The lowest BCUT2D eigenvalue weighted by atomic mass is 10.2. The van der Waals surface area contributed by atoms with Crippen molar-refractivity contribution in [3.05, 3.63) is 28.2 Å². The number of fused-ring (bicyclic) bond motifs is 1. The van der Waals surface area contributed by atoms with E-state index >= 15 is 0 Å². The summed E-state index contributed by atoms with van der Waals surface area (Å²) < 4.78 is 44.5. The van der Waals surface area contributed by atoms with Crippen molar-refractivity contribution >= 4 is 11.9 Å². The van der Waals surface area contributed by atoms with Crippen LogP contribution in [0.5, 0.6) is 5.75 Å². The number of ether oxygens (including phenoxy) is 1. The van der Waals surface area contributed by atoms with Crippen LogP contribution in [0.1, 0.15) is 30.8 Å². The van der Waals surface area contributed by atoms with Crippen LogP contribution in [-0.2, 0) is 4.79 Å². The molecule has 2 heterocycles. The average molecular weight is 333 g/mol. The molecule has 1 aromatic rings. The second-order valence-corrected chi connectivity index (χ2v) is 4.86. The van der Waals surface area contributed by atoms with E-state index in [0.717, 1.165) is 17.7 Å². The Kier molecular flexibility index (Phi) is 4.35. The molecule has 0 unspecified atom stereocenters. The molecule has 0 aliphatic carbocycles. The minimum absolute atomic E-state index is 0.0575. The summed E-state index contributed by atoms with van der Waals surface area (Å²) in [6, 6.07) is -1.02. The Balaban J connectivity index is 2.48. The standard InChI is InChI=1S/C13H14F3N3O4/c1-3-9(21)23-11-8(20)4-5-19-10(11)12(22)18(6-17-19)7(2)13(14,15)16/h4-5,7,17H,3,6H2,1-2H3/t7-/m1/s1. The van der Waals surface area contributed by atoms with Crippen LogP contribution >= 0.6 is 0 Å². The van der Waals surface area contributed by atoms with Crippen LogP contribution in [0.2, 0.25) is 0 Å². The van der Waals surface area contributed by atoms with Gasteiger partial charge in [0.15, 0.2) is 5.69 Å². The van der Waals surface area contributed by atoms with Gasteiger partial charge in [0.25, 0.3) is 5.91 Å². The van der Waals surface area contributed by atoms with Gasteiger partial charge in [0, 0.05) is 18.7 Å². The number of hydrogen-bond donors (Lipinski definition) is 1. The van der Waals surface area contributed by atoms with Crippen LogP contribution in [0.4, 0.5) is 13.2 Å². The van der Waals surface area contributed by atoms with Crippen molar-refractivity contribution in [3.63, 3.8) is 0 Å². The second kappa shape index (κ2) is 5.94. The predicted molar refractivity (Wildman–Crippen MR) is 72.5 cm³/mol. The molecule has 0 aromatic carbocycles. The van der Waals surface area contributed by atoms with E-state index in [0.29, 0.717) is 4.90 Å². The molecule has 1 aliphatic rings. The number of esters is 1. The monoisotopic (exact) mass is 333 g/mol. The smallest absolute Gasteiger partial charge is 0.408 e. The molecular weight excluding hydrogens is 319 g/mol. The Bertz CT molecular complexity index is 699. The number of amides is 1. The van der Waals surface area contributed by atoms with Gasteiger partial charge in [-0.15, -0.1) is 0 Å². The first-order valence-corrected chi connectivity index (χ1v) is 6.74. The molecule has 1 atom stereocenters. The Labute approximate surface area is 128 Å². The summed E-state index contributed by atoms with van der Waals surface area (Å²) in [5, 5.41) is 0. The molecule has 1 aliphatic heterocycles. The molecule has 7 nitrogen and oxygen atoms in total. The van der Waals surface area contributed by atoms with Gasteiger partial charge in [-0.3, -0.25) is 19.1 Å². The molecule has 0 bridgehead atoms. The predicted octanol–water partition coefficient (Wildman–Crippen LogP) is 1.07. The van der Waals surface area contributed by atoms with Crippen LogP contribution in [-0.4, -0.2) is 40.3 Å². The topological polar surface area (TPSA) is 80.6 Å². The van der Waals surface area contributed by atoms with Gasteiger partial charge in [0.2, 0.25) is 11.2 Å². The zero-order chi connectivity index (χ0) is 17.4. The lowest BCUT2D eigenvalue weighted by Gasteiger charge is -2.36. The summed E-state index contributed by atoms with van der Waals surface area (Å²) in [5.74, 6) is -2.41. The second-order valence-electron chi connectivity index (χ2n) is 4.86. The summed E-state index contributed by atoms with van der Waals surface area (Å²) in [6.45, 7) is 1.90. The molecule has 10 heteroatoms.